The fourth-order valence-corrected chi connectivity index (χ4v) is 1.72. The number of amides is 1. The number of benzene rings is 1. The van der Waals surface area contributed by atoms with Crippen LogP contribution in [0.15, 0.2) is 18.2 Å². The molecule has 18 heavy (non-hydrogen) atoms. The van der Waals surface area contributed by atoms with Crippen LogP contribution in [0, 0.1) is 13.8 Å². The van der Waals surface area contributed by atoms with Crippen molar-refractivity contribution in [2.45, 2.75) is 33.2 Å². The van der Waals surface area contributed by atoms with Gasteiger partial charge in [-0.3, -0.25) is 4.79 Å². The summed E-state index contributed by atoms with van der Waals surface area (Å²) in [6, 6.07) is 5.58. The smallest absolute Gasteiger partial charge is 0.329 e. The lowest BCUT2D eigenvalue weighted by Crippen LogP contribution is -2.51. The van der Waals surface area contributed by atoms with Crippen molar-refractivity contribution in [1.29, 1.82) is 0 Å². The summed E-state index contributed by atoms with van der Waals surface area (Å²) in [5, 5.41) is 9.15. The number of carbonyl (C=O) groups is 2. The molecule has 4 heteroatoms. The van der Waals surface area contributed by atoms with E-state index < -0.39 is 11.5 Å². The average Bonchev–Trinajstić information content (AvgIpc) is 2.27. The summed E-state index contributed by atoms with van der Waals surface area (Å²) in [6.45, 7) is 6.73. The summed E-state index contributed by atoms with van der Waals surface area (Å²) in [6.07, 6.45) is 0. The van der Waals surface area contributed by atoms with E-state index in [1.165, 1.54) is 25.8 Å². The average molecular weight is 249 g/mol. The molecule has 0 saturated carbocycles. The lowest BCUT2D eigenvalue weighted by molar-refractivity contribution is -0.147. The molecule has 0 bridgehead atoms. The first-order valence-electron chi connectivity index (χ1n) is 5.77. The number of nitrogens with zero attached hydrogens (tertiary/aromatic N) is 1. The third-order valence-electron chi connectivity index (χ3n) is 3.36. The number of likely N-dealkylation sites (N-methyl/N-ethyl adjacent to an activating group) is 1. The van der Waals surface area contributed by atoms with Crippen molar-refractivity contribution in [3.05, 3.63) is 34.9 Å². The Morgan fingerprint density at radius 2 is 1.61 bits per heavy atom. The van der Waals surface area contributed by atoms with Crippen LogP contribution in [0.25, 0.3) is 0 Å². The lowest BCUT2D eigenvalue weighted by Gasteiger charge is -2.32. The highest BCUT2D eigenvalue weighted by Gasteiger charge is 2.36. The van der Waals surface area contributed by atoms with Crippen LogP contribution in [-0.2, 0) is 4.79 Å². The molecule has 0 heterocycles. The van der Waals surface area contributed by atoms with Gasteiger partial charge in [0.1, 0.15) is 5.54 Å². The van der Waals surface area contributed by atoms with Crippen LogP contribution in [0.4, 0.5) is 0 Å². The zero-order chi connectivity index (χ0) is 14.1. The van der Waals surface area contributed by atoms with Crippen molar-refractivity contribution >= 4 is 11.9 Å². The van der Waals surface area contributed by atoms with Crippen LogP contribution in [0.2, 0.25) is 0 Å². The fraction of sp³-hybridized carbons (Fsp3) is 0.429. The SMILES string of the molecule is Cc1cccc(C)c1C(=O)N(C)C(C)(C)C(=O)O. The van der Waals surface area contributed by atoms with Crippen molar-refractivity contribution in [1.82, 2.24) is 4.90 Å². The minimum atomic E-state index is -1.23. The first kappa shape index (κ1) is 14.2. The topological polar surface area (TPSA) is 57.6 Å². The molecular formula is C14H19NO3. The second-order valence-corrected chi connectivity index (χ2v) is 5.00. The van der Waals surface area contributed by atoms with Crippen molar-refractivity contribution in [2.75, 3.05) is 7.05 Å². The number of rotatable bonds is 3. The van der Waals surface area contributed by atoms with E-state index in [4.69, 9.17) is 5.11 Å². The van der Waals surface area contributed by atoms with Gasteiger partial charge in [-0.05, 0) is 38.8 Å². The third-order valence-corrected chi connectivity index (χ3v) is 3.36. The van der Waals surface area contributed by atoms with Gasteiger partial charge >= 0.3 is 5.97 Å². The maximum absolute atomic E-state index is 12.4. The molecule has 4 nitrogen and oxygen atoms in total. The van der Waals surface area contributed by atoms with Crippen LogP contribution in [0.3, 0.4) is 0 Å². The highest BCUT2D eigenvalue weighted by Crippen LogP contribution is 2.20. The predicted molar refractivity (Wildman–Crippen MR) is 69.7 cm³/mol. The molecule has 0 aliphatic heterocycles. The molecule has 0 unspecified atom stereocenters. The second-order valence-electron chi connectivity index (χ2n) is 5.00. The van der Waals surface area contributed by atoms with E-state index in [1.807, 2.05) is 32.0 Å². The van der Waals surface area contributed by atoms with Gasteiger partial charge < -0.3 is 10.0 Å². The van der Waals surface area contributed by atoms with Crippen molar-refractivity contribution < 1.29 is 14.7 Å². The normalized spacial score (nSPS) is 11.2. The molecule has 98 valence electrons. The first-order valence-corrected chi connectivity index (χ1v) is 5.77. The van der Waals surface area contributed by atoms with Gasteiger partial charge in [-0.25, -0.2) is 4.79 Å². The summed E-state index contributed by atoms with van der Waals surface area (Å²) >= 11 is 0. The number of carboxylic acid groups (broad SMARTS) is 1. The first-order chi connectivity index (χ1) is 8.19. The molecule has 0 aliphatic carbocycles. The van der Waals surface area contributed by atoms with Crippen molar-refractivity contribution in [3.8, 4) is 0 Å². The summed E-state index contributed by atoms with van der Waals surface area (Å²) in [5.74, 6) is -1.29. The lowest BCUT2D eigenvalue weighted by atomic mass is 9.98. The molecule has 0 fully saturated rings. The van der Waals surface area contributed by atoms with Crippen molar-refractivity contribution in [2.24, 2.45) is 0 Å². The summed E-state index contributed by atoms with van der Waals surface area (Å²) < 4.78 is 0. The Morgan fingerprint density at radius 3 is 2.00 bits per heavy atom. The Labute approximate surface area is 107 Å². The summed E-state index contributed by atoms with van der Waals surface area (Å²) in [5.41, 5.74) is 1.06. The van der Waals surface area contributed by atoms with Gasteiger partial charge in [0.15, 0.2) is 0 Å². The molecule has 1 rings (SSSR count). The molecule has 0 aliphatic rings. The van der Waals surface area contributed by atoms with Gasteiger partial charge in [-0.15, -0.1) is 0 Å². The highest BCUT2D eigenvalue weighted by molar-refractivity contribution is 5.99. The zero-order valence-corrected chi connectivity index (χ0v) is 11.4. The predicted octanol–water partition coefficient (Wildman–Crippen LogP) is 2.24. The van der Waals surface area contributed by atoms with Gasteiger partial charge in [0.25, 0.3) is 5.91 Å². The van der Waals surface area contributed by atoms with Gasteiger partial charge in [-0.1, -0.05) is 18.2 Å². The maximum atomic E-state index is 12.4. The molecule has 1 aromatic rings. The Morgan fingerprint density at radius 1 is 1.17 bits per heavy atom. The maximum Gasteiger partial charge on any atom is 0.329 e. The van der Waals surface area contributed by atoms with E-state index in [0.29, 0.717) is 5.56 Å². The van der Waals surface area contributed by atoms with E-state index in [2.05, 4.69) is 0 Å². The fourth-order valence-electron chi connectivity index (χ4n) is 1.72. The van der Waals surface area contributed by atoms with Gasteiger partial charge in [0.2, 0.25) is 0 Å². The van der Waals surface area contributed by atoms with E-state index in [1.54, 1.807) is 0 Å². The quantitative estimate of drug-likeness (QED) is 0.893. The van der Waals surface area contributed by atoms with E-state index in [9.17, 15) is 9.59 Å². The Hall–Kier alpha value is -1.84. The highest BCUT2D eigenvalue weighted by atomic mass is 16.4. The molecule has 0 aromatic heterocycles. The number of hydrogen-bond acceptors (Lipinski definition) is 2. The molecule has 0 spiro atoms. The molecule has 0 radical (unpaired) electrons. The molecule has 1 N–H and O–H groups in total. The van der Waals surface area contributed by atoms with Crippen LogP contribution < -0.4 is 0 Å². The monoisotopic (exact) mass is 249 g/mol. The Bertz CT molecular complexity index is 472. The third kappa shape index (κ3) is 2.37. The number of carbonyl (C=O) groups excluding carboxylic acids is 1. The minimum Gasteiger partial charge on any atom is -0.480 e. The van der Waals surface area contributed by atoms with Crippen LogP contribution >= 0.6 is 0 Å². The second kappa shape index (κ2) is 4.80. The van der Waals surface area contributed by atoms with E-state index >= 15 is 0 Å². The molecule has 0 saturated heterocycles. The van der Waals surface area contributed by atoms with E-state index in [0.717, 1.165) is 11.1 Å². The number of hydrogen-bond donors (Lipinski definition) is 1. The van der Waals surface area contributed by atoms with Crippen LogP contribution in [0.5, 0.6) is 0 Å². The van der Waals surface area contributed by atoms with Gasteiger partial charge in [-0.2, -0.15) is 0 Å². The number of aryl methyl sites for hydroxylation is 2. The minimum absolute atomic E-state index is 0.266. The van der Waals surface area contributed by atoms with Gasteiger partial charge in [0.05, 0.1) is 0 Å². The molecular weight excluding hydrogens is 230 g/mol. The standard InChI is InChI=1S/C14H19NO3/c1-9-7-6-8-10(2)11(9)12(16)15(5)14(3,4)13(17)18/h6-8H,1-5H3,(H,17,18). The largest absolute Gasteiger partial charge is 0.480 e. The zero-order valence-electron chi connectivity index (χ0n) is 11.4. The molecule has 0 atom stereocenters. The molecule has 1 aromatic carbocycles. The summed E-state index contributed by atoms with van der Waals surface area (Å²) in [4.78, 5) is 24.8. The Kier molecular flexibility index (Phi) is 3.79. The van der Waals surface area contributed by atoms with E-state index in [-0.39, 0.29) is 5.91 Å². The number of carboxylic acids is 1. The number of aliphatic carboxylic acids is 1. The summed E-state index contributed by atoms with van der Waals surface area (Å²) in [7, 11) is 1.52. The van der Waals surface area contributed by atoms with Crippen molar-refractivity contribution in [3.63, 3.8) is 0 Å². The molecule has 1 amide bonds. The van der Waals surface area contributed by atoms with Gasteiger partial charge in [0, 0.05) is 12.6 Å². The van der Waals surface area contributed by atoms with Crippen LogP contribution in [0.1, 0.15) is 35.3 Å². The Balaban J connectivity index is 3.20. The van der Waals surface area contributed by atoms with Crippen LogP contribution in [-0.4, -0.2) is 34.5 Å².